The fourth-order valence-corrected chi connectivity index (χ4v) is 4.50. The van der Waals surface area contributed by atoms with E-state index >= 15 is 0 Å². The molecule has 0 spiro atoms. The minimum absolute atomic E-state index is 0.0625. The van der Waals surface area contributed by atoms with Crippen LogP contribution in [0.15, 0.2) is 47.4 Å². The number of halogens is 3. The van der Waals surface area contributed by atoms with Gasteiger partial charge in [-0.15, -0.1) is 0 Å². The smallest absolute Gasteiger partial charge is 0.243 e. The standard InChI is InChI=1S/C19H19F3N2O3S/c20-15-3-1-2-14(12-15)4-7-19(25)23-8-10-24(11-9-23)28(26,27)16-5-6-17(21)18(22)13-16/h1-3,5-6,12-13H,4,7-11H2. The molecule has 1 fully saturated rings. The molecule has 1 aliphatic heterocycles. The van der Waals surface area contributed by atoms with Crippen LogP contribution in [-0.2, 0) is 21.2 Å². The van der Waals surface area contributed by atoms with Crippen molar-refractivity contribution in [2.24, 2.45) is 0 Å². The summed E-state index contributed by atoms with van der Waals surface area (Å²) in [5.41, 5.74) is 0.716. The fraction of sp³-hybridized carbons (Fsp3) is 0.316. The zero-order chi connectivity index (χ0) is 20.3. The largest absolute Gasteiger partial charge is 0.340 e. The first-order valence-electron chi connectivity index (χ1n) is 8.75. The summed E-state index contributed by atoms with van der Waals surface area (Å²) < 4.78 is 65.9. The molecule has 1 heterocycles. The normalized spacial score (nSPS) is 15.6. The highest BCUT2D eigenvalue weighted by atomic mass is 32.2. The summed E-state index contributed by atoms with van der Waals surface area (Å²) in [5.74, 6) is -2.85. The Kier molecular flexibility index (Phi) is 6.04. The zero-order valence-corrected chi connectivity index (χ0v) is 15.8. The molecular formula is C19H19F3N2O3S. The fourth-order valence-electron chi connectivity index (χ4n) is 3.07. The van der Waals surface area contributed by atoms with Gasteiger partial charge in [-0.05, 0) is 42.3 Å². The van der Waals surface area contributed by atoms with E-state index in [4.69, 9.17) is 0 Å². The van der Waals surface area contributed by atoms with Gasteiger partial charge in [0, 0.05) is 32.6 Å². The average Bonchev–Trinajstić information content (AvgIpc) is 2.68. The SMILES string of the molecule is O=C(CCc1cccc(F)c1)N1CCN(S(=O)(=O)c2ccc(F)c(F)c2)CC1. The summed E-state index contributed by atoms with van der Waals surface area (Å²) in [7, 11) is -3.96. The van der Waals surface area contributed by atoms with Crippen molar-refractivity contribution in [2.45, 2.75) is 17.7 Å². The lowest BCUT2D eigenvalue weighted by molar-refractivity contribution is -0.132. The van der Waals surface area contributed by atoms with E-state index in [2.05, 4.69) is 0 Å². The van der Waals surface area contributed by atoms with Crippen LogP contribution in [0.2, 0.25) is 0 Å². The van der Waals surface area contributed by atoms with Crippen LogP contribution in [-0.4, -0.2) is 49.7 Å². The minimum Gasteiger partial charge on any atom is -0.340 e. The Morgan fingerprint density at radius 3 is 2.29 bits per heavy atom. The van der Waals surface area contributed by atoms with Gasteiger partial charge in [-0.1, -0.05) is 12.1 Å². The van der Waals surface area contributed by atoms with Crippen LogP contribution < -0.4 is 0 Å². The lowest BCUT2D eigenvalue weighted by Gasteiger charge is -2.34. The van der Waals surface area contributed by atoms with E-state index in [0.29, 0.717) is 18.1 Å². The number of carbonyl (C=O) groups excluding carboxylic acids is 1. The molecule has 0 N–H and O–H groups in total. The Bertz CT molecular complexity index is 974. The molecule has 150 valence electrons. The quantitative estimate of drug-likeness (QED) is 0.759. The third-order valence-corrected chi connectivity index (χ3v) is 6.53. The van der Waals surface area contributed by atoms with Crippen molar-refractivity contribution >= 4 is 15.9 Å². The van der Waals surface area contributed by atoms with Crippen LogP contribution in [0.3, 0.4) is 0 Å². The number of amides is 1. The van der Waals surface area contributed by atoms with Gasteiger partial charge in [0.25, 0.3) is 0 Å². The number of hydrogen-bond donors (Lipinski definition) is 0. The van der Waals surface area contributed by atoms with Crippen LogP contribution in [0, 0.1) is 17.5 Å². The molecule has 2 aromatic carbocycles. The molecular weight excluding hydrogens is 393 g/mol. The van der Waals surface area contributed by atoms with E-state index in [9.17, 15) is 26.4 Å². The molecule has 0 bridgehead atoms. The first kappa shape index (κ1) is 20.3. The van der Waals surface area contributed by atoms with Crippen molar-refractivity contribution < 1.29 is 26.4 Å². The summed E-state index contributed by atoms with van der Waals surface area (Å²) in [4.78, 5) is 13.6. The van der Waals surface area contributed by atoms with Crippen molar-refractivity contribution in [2.75, 3.05) is 26.2 Å². The second kappa shape index (κ2) is 8.32. The molecule has 0 aliphatic carbocycles. The van der Waals surface area contributed by atoms with Crippen molar-refractivity contribution in [1.82, 2.24) is 9.21 Å². The Hall–Kier alpha value is -2.39. The van der Waals surface area contributed by atoms with E-state index < -0.39 is 21.7 Å². The molecule has 0 unspecified atom stereocenters. The minimum atomic E-state index is -3.96. The van der Waals surface area contributed by atoms with Gasteiger partial charge < -0.3 is 4.90 Å². The van der Waals surface area contributed by atoms with Gasteiger partial charge >= 0.3 is 0 Å². The number of aryl methyl sites for hydroxylation is 1. The number of carbonyl (C=O) groups is 1. The lowest BCUT2D eigenvalue weighted by Crippen LogP contribution is -2.50. The van der Waals surface area contributed by atoms with Crippen molar-refractivity contribution in [3.8, 4) is 0 Å². The second-order valence-corrected chi connectivity index (χ2v) is 8.43. The molecule has 0 radical (unpaired) electrons. The summed E-state index contributed by atoms with van der Waals surface area (Å²) >= 11 is 0. The van der Waals surface area contributed by atoms with Crippen LogP contribution >= 0.6 is 0 Å². The van der Waals surface area contributed by atoms with E-state index in [1.165, 1.54) is 12.1 Å². The summed E-state index contributed by atoms with van der Waals surface area (Å²) in [6.45, 7) is 0.524. The first-order chi connectivity index (χ1) is 13.3. The lowest BCUT2D eigenvalue weighted by atomic mass is 10.1. The van der Waals surface area contributed by atoms with Gasteiger partial charge in [-0.25, -0.2) is 21.6 Å². The molecule has 0 saturated carbocycles. The molecule has 28 heavy (non-hydrogen) atoms. The Morgan fingerprint density at radius 1 is 0.929 bits per heavy atom. The van der Waals surface area contributed by atoms with Gasteiger partial charge in [0.15, 0.2) is 11.6 Å². The van der Waals surface area contributed by atoms with Crippen LogP contribution in [0.5, 0.6) is 0 Å². The predicted molar refractivity (Wildman–Crippen MR) is 96.4 cm³/mol. The average molecular weight is 412 g/mol. The van der Waals surface area contributed by atoms with Gasteiger partial charge in [-0.2, -0.15) is 4.31 Å². The number of benzene rings is 2. The topological polar surface area (TPSA) is 57.7 Å². The number of sulfonamides is 1. The third kappa shape index (κ3) is 4.53. The molecule has 0 atom stereocenters. The summed E-state index contributed by atoms with van der Waals surface area (Å²) in [6.07, 6.45) is 0.587. The second-order valence-electron chi connectivity index (χ2n) is 6.49. The monoisotopic (exact) mass is 412 g/mol. The van der Waals surface area contributed by atoms with Gasteiger partial charge in [0.1, 0.15) is 5.82 Å². The zero-order valence-electron chi connectivity index (χ0n) is 14.9. The highest BCUT2D eigenvalue weighted by Crippen LogP contribution is 2.20. The van der Waals surface area contributed by atoms with Gasteiger partial charge in [0.05, 0.1) is 4.90 Å². The van der Waals surface area contributed by atoms with E-state index in [0.717, 1.165) is 16.4 Å². The van der Waals surface area contributed by atoms with E-state index in [-0.39, 0.29) is 49.2 Å². The first-order valence-corrected chi connectivity index (χ1v) is 10.2. The molecule has 3 rings (SSSR count). The van der Waals surface area contributed by atoms with Gasteiger partial charge in [-0.3, -0.25) is 4.79 Å². The van der Waals surface area contributed by atoms with E-state index in [1.807, 2.05) is 0 Å². The Balaban J connectivity index is 1.57. The van der Waals surface area contributed by atoms with E-state index in [1.54, 1.807) is 17.0 Å². The molecule has 2 aromatic rings. The maximum absolute atomic E-state index is 13.4. The highest BCUT2D eigenvalue weighted by Gasteiger charge is 2.30. The predicted octanol–water partition coefficient (Wildman–Crippen LogP) is 2.57. The molecule has 9 heteroatoms. The highest BCUT2D eigenvalue weighted by molar-refractivity contribution is 7.89. The van der Waals surface area contributed by atoms with Crippen LogP contribution in [0.1, 0.15) is 12.0 Å². The maximum atomic E-state index is 13.4. The number of nitrogens with zero attached hydrogens (tertiary/aromatic N) is 2. The maximum Gasteiger partial charge on any atom is 0.243 e. The van der Waals surface area contributed by atoms with Crippen molar-refractivity contribution in [3.63, 3.8) is 0 Å². The van der Waals surface area contributed by atoms with Crippen molar-refractivity contribution in [3.05, 3.63) is 65.5 Å². The number of rotatable bonds is 5. The number of piperazine rings is 1. The Labute approximate surface area is 161 Å². The molecule has 5 nitrogen and oxygen atoms in total. The summed E-state index contributed by atoms with van der Waals surface area (Å²) in [5, 5.41) is 0. The van der Waals surface area contributed by atoms with Crippen molar-refractivity contribution in [1.29, 1.82) is 0 Å². The number of hydrogen-bond acceptors (Lipinski definition) is 3. The molecule has 1 amide bonds. The summed E-state index contributed by atoms with van der Waals surface area (Å²) in [6, 6.07) is 8.47. The third-order valence-electron chi connectivity index (χ3n) is 4.64. The molecule has 1 saturated heterocycles. The Morgan fingerprint density at radius 2 is 1.64 bits per heavy atom. The molecule has 1 aliphatic rings. The van der Waals surface area contributed by atoms with Crippen LogP contribution in [0.25, 0.3) is 0 Å². The van der Waals surface area contributed by atoms with Crippen LogP contribution in [0.4, 0.5) is 13.2 Å². The molecule has 0 aromatic heterocycles. The van der Waals surface area contributed by atoms with Gasteiger partial charge in [0.2, 0.25) is 15.9 Å².